The van der Waals surface area contributed by atoms with Gasteiger partial charge in [-0.2, -0.15) is 0 Å². The molecule has 0 heterocycles. The van der Waals surface area contributed by atoms with Gasteiger partial charge in [0.1, 0.15) is 17.7 Å². The highest BCUT2D eigenvalue weighted by molar-refractivity contribution is 5.92. The van der Waals surface area contributed by atoms with E-state index in [-0.39, 0.29) is 11.9 Å². The molecule has 0 saturated heterocycles. The number of nitrogens with zero attached hydrogens (tertiary/aromatic N) is 1. The molecule has 2 unspecified atom stereocenters. The summed E-state index contributed by atoms with van der Waals surface area (Å²) in [6.07, 6.45) is 2.06. The fraction of sp³-hybridized carbons (Fsp3) is 0.654. The van der Waals surface area contributed by atoms with E-state index >= 15 is 0 Å². The first-order chi connectivity index (χ1) is 15.8. The molecule has 1 aromatic rings. The number of amides is 3. The number of hydrogen-bond acceptors (Lipinski definition) is 5. The number of carbonyl (C=O) groups excluding carboxylic acids is 3. The number of aryl methyl sites for hydroxylation is 1. The molecular formula is C26H43N3O5. The van der Waals surface area contributed by atoms with E-state index in [1.54, 1.807) is 20.8 Å². The van der Waals surface area contributed by atoms with Crippen LogP contribution in [0.2, 0.25) is 0 Å². The minimum Gasteiger partial charge on any atom is -0.444 e. The molecule has 0 aliphatic carbocycles. The standard InChI is InChI=1S/C26H43N3O5/c1-9-10-11-15-27-23(31)22(20-14-12-13-18(4)19(20)5)29(17(2)3)24(32)21(16-30)28-25(33)34-26(6,7)8/h12-14,17,21-22,30H,9-11,15-16H2,1-8H3,(H,27,31)(H,28,33). The van der Waals surface area contributed by atoms with Crippen molar-refractivity contribution in [2.75, 3.05) is 13.2 Å². The SMILES string of the molecule is CCCCCNC(=O)C(c1cccc(C)c1C)N(C(=O)C(CO)NC(=O)OC(C)(C)C)C(C)C. The van der Waals surface area contributed by atoms with Gasteiger partial charge >= 0.3 is 6.09 Å². The lowest BCUT2D eigenvalue weighted by Gasteiger charge is -2.37. The molecule has 8 nitrogen and oxygen atoms in total. The minimum atomic E-state index is -1.25. The van der Waals surface area contributed by atoms with Gasteiger partial charge in [-0.15, -0.1) is 0 Å². The number of carbonyl (C=O) groups is 3. The third-order valence-corrected chi connectivity index (χ3v) is 5.53. The van der Waals surface area contributed by atoms with Gasteiger partial charge in [-0.05, 0) is 71.6 Å². The number of benzene rings is 1. The van der Waals surface area contributed by atoms with E-state index in [4.69, 9.17) is 4.74 Å². The van der Waals surface area contributed by atoms with Crippen LogP contribution in [0.3, 0.4) is 0 Å². The van der Waals surface area contributed by atoms with Crippen molar-refractivity contribution in [3.8, 4) is 0 Å². The second-order valence-electron chi connectivity index (χ2n) is 9.91. The number of nitrogens with one attached hydrogen (secondary N) is 2. The number of ether oxygens (including phenoxy) is 1. The van der Waals surface area contributed by atoms with Crippen LogP contribution < -0.4 is 10.6 Å². The van der Waals surface area contributed by atoms with Gasteiger partial charge in [0.05, 0.1) is 6.61 Å². The number of hydrogen-bond donors (Lipinski definition) is 3. The molecule has 0 spiro atoms. The predicted octanol–water partition coefficient (Wildman–Crippen LogP) is 3.77. The zero-order valence-corrected chi connectivity index (χ0v) is 22.0. The summed E-state index contributed by atoms with van der Waals surface area (Å²) >= 11 is 0. The van der Waals surface area contributed by atoms with Crippen molar-refractivity contribution in [2.45, 2.75) is 98.4 Å². The van der Waals surface area contributed by atoms with E-state index in [1.807, 2.05) is 45.9 Å². The second-order valence-corrected chi connectivity index (χ2v) is 9.91. The summed E-state index contributed by atoms with van der Waals surface area (Å²) in [5.41, 5.74) is 1.87. The van der Waals surface area contributed by atoms with Crippen LogP contribution in [0.25, 0.3) is 0 Å². The Labute approximate surface area is 204 Å². The maximum absolute atomic E-state index is 13.6. The first kappa shape index (κ1) is 29.4. The van der Waals surface area contributed by atoms with E-state index < -0.39 is 36.3 Å². The highest BCUT2D eigenvalue weighted by Gasteiger charge is 2.38. The van der Waals surface area contributed by atoms with Crippen molar-refractivity contribution in [1.29, 1.82) is 0 Å². The molecule has 2 atom stereocenters. The van der Waals surface area contributed by atoms with Crippen LogP contribution in [0, 0.1) is 13.8 Å². The Kier molecular flexibility index (Phi) is 11.5. The number of rotatable bonds is 11. The zero-order chi connectivity index (χ0) is 26.1. The van der Waals surface area contributed by atoms with Gasteiger partial charge in [0.15, 0.2) is 0 Å². The number of aliphatic hydroxyl groups is 1. The van der Waals surface area contributed by atoms with Gasteiger partial charge in [-0.1, -0.05) is 38.0 Å². The summed E-state index contributed by atoms with van der Waals surface area (Å²) in [7, 11) is 0. The lowest BCUT2D eigenvalue weighted by Crippen LogP contribution is -2.56. The first-order valence-electron chi connectivity index (χ1n) is 12.1. The fourth-order valence-electron chi connectivity index (χ4n) is 3.67. The smallest absolute Gasteiger partial charge is 0.408 e. The highest BCUT2D eigenvalue weighted by atomic mass is 16.6. The lowest BCUT2D eigenvalue weighted by molar-refractivity contribution is -0.145. The Morgan fingerprint density at radius 3 is 2.29 bits per heavy atom. The van der Waals surface area contributed by atoms with Gasteiger partial charge in [-0.25, -0.2) is 4.79 Å². The molecule has 0 bridgehead atoms. The molecule has 1 aromatic carbocycles. The lowest BCUT2D eigenvalue weighted by atomic mass is 9.94. The summed E-state index contributed by atoms with van der Waals surface area (Å²) < 4.78 is 5.25. The Hall–Kier alpha value is -2.61. The number of unbranched alkanes of at least 4 members (excludes halogenated alkanes) is 2. The van der Waals surface area contributed by atoms with Crippen molar-refractivity contribution in [2.24, 2.45) is 0 Å². The molecule has 0 saturated carbocycles. The normalized spacial score (nSPS) is 13.2. The molecule has 0 aliphatic heterocycles. The predicted molar refractivity (Wildman–Crippen MR) is 133 cm³/mol. The van der Waals surface area contributed by atoms with Crippen LogP contribution >= 0.6 is 0 Å². The Morgan fingerprint density at radius 1 is 1.12 bits per heavy atom. The molecule has 3 N–H and O–H groups in total. The van der Waals surface area contributed by atoms with Crippen molar-refractivity contribution in [3.05, 3.63) is 34.9 Å². The highest BCUT2D eigenvalue weighted by Crippen LogP contribution is 2.29. The van der Waals surface area contributed by atoms with Gasteiger partial charge in [0.25, 0.3) is 0 Å². The monoisotopic (exact) mass is 477 g/mol. The maximum Gasteiger partial charge on any atom is 0.408 e. The van der Waals surface area contributed by atoms with Crippen molar-refractivity contribution in [3.63, 3.8) is 0 Å². The van der Waals surface area contributed by atoms with Crippen molar-refractivity contribution < 1.29 is 24.2 Å². The van der Waals surface area contributed by atoms with Crippen LogP contribution in [0.4, 0.5) is 4.79 Å². The van der Waals surface area contributed by atoms with Gasteiger partial charge < -0.3 is 25.4 Å². The molecule has 34 heavy (non-hydrogen) atoms. The third kappa shape index (κ3) is 8.63. The molecule has 192 valence electrons. The average molecular weight is 478 g/mol. The van der Waals surface area contributed by atoms with Crippen LogP contribution in [0.15, 0.2) is 18.2 Å². The molecule has 0 aromatic heterocycles. The molecule has 0 radical (unpaired) electrons. The van der Waals surface area contributed by atoms with Crippen LogP contribution in [0.1, 0.15) is 83.5 Å². The van der Waals surface area contributed by atoms with Crippen LogP contribution in [0.5, 0.6) is 0 Å². The van der Waals surface area contributed by atoms with Gasteiger partial charge in [0.2, 0.25) is 11.8 Å². The molecule has 0 aliphatic rings. The van der Waals surface area contributed by atoms with Crippen molar-refractivity contribution >= 4 is 17.9 Å². The van der Waals surface area contributed by atoms with E-state index in [0.29, 0.717) is 12.1 Å². The topological polar surface area (TPSA) is 108 Å². The van der Waals surface area contributed by atoms with E-state index in [1.165, 1.54) is 4.90 Å². The molecule has 8 heteroatoms. The first-order valence-corrected chi connectivity index (χ1v) is 12.1. The Morgan fingerprint density at radius 2 is 1.76 bits per heavy atom. The van der Waals surface area contributed by atoms with Crippen LogP contribution in [-0.2, 0) is 14.3 Å². The maximum atomic E-state index is 13.6. The number of aliphatic hydroxyl groups excluding tert-OH is 1. The number of alkyl carbamates (subject to hydrolysis) is 1. The Balaban J connectivity index is 3.36. The summed E-state index contributed by atoms with van der Waals surface area (Å²) in [4.78, 5) is 40.8. The largest absolute Gasteiger partial charge is 0.444 e. The quantitative estimate of drug-likeness (QED) is 0.421. The summed E-state index contributed by atoms with van der Waals surface area (Å²) in [5, 5.41) is 15.4. The molecule has 3 amide bonds. The summed E-state index contributed by atoms with van der Waals surface area (Å²) in [5.74, 6) is -0.848. The fourth-order valence-corrected chi connectivity index (χ4v) is 3.67. The Bertz CT molecular complexity index is 832. The minimum absolute atomic E-state index is 0.291. The summed E-state index contributed by atoms with van der Waals surface area (Å²) in [6, 6.07) is 3.11. The average Bonchev–Trinajstić information content (AvgIpc) is 2.73. The molecular weight excluding hydrogens is 434 g/mol. The van der Waals surface area contributed by atoms with Crippen LogP contribution in [-0.4, -0.2) is 58.8 Å². The van der Waals surface area contributed by atoms with E-state index in [9.17, 15) is 19.5 Å². The third-order valence-electron chi connectivity index (χ3n) is 5.53. The second kappa shape index (κ2) is 13.3. The van der Waals surface area contributed by atoms with Gasteiger partial charge in [-0.3, -0.25) is 9.59 Å². The van der Waals surface area contributed by atoms with E-state index in [0.717, 1.165) is 30.4 Å². The van der Waals surface area contributed by atoms with Crippen molar-refractivity contribution in [1.82, 2.24) is 15.5 Å². The summed E-state index contributed by atoms with van der Waals surface area (Å²) in [6.45, 7) is 14.6. The van der Waals surface area contributed by atoms with Gasteiger partial charge in [0, 0.05) is 12.6 Å². The zero-order valence-electron chi connectivity index (χ0n) is 22.0. The van der Waals surface area contributed by atoms with E-state index in [2.05, 4.69) is 17.6 Å². The molecule has 1 rings (SSSR count). The molecule has 0 fully saturated rings.